The molecule has 106 valence electrons. The number of carbonyl (C=O) groups excluding carboxylic acids is 1. The number of benzene rings is 1. The van der Waals surface area contributed by atoms with E-state index in [2.05, 4.69) is 0 Å². The molecule has 1 rings (SSSR count). The Morgan fingerprint density at radius 3 is 2.37 bits per heavy atom. The summed E-state index contributed by atoms with van der Waals surface area (Å²) in [4.78, 5) is 11.1. The van der Waals surface area contributed by atoms with Crippen molar-refractivity contribution in [2.75, 3.05) is 0 Å². The summed E-state index contributed by atoms with van der Waals surface area (Å²) in [5.41, 5.74) is -1.05. The number of nitrogens with one attached hydrogen (secondary N) is 1. The van der Waals surface area contributed by atoms with Crippen LogP contribution in [0, 0.1) is 11.6 Å². The van der Waals surface area contributed by atoms with E-state index in [4.69, 9.17) is 5.11 Å². The normalized spacial score (nSPS) is 14.9. The van der Waals surface area contributed by atoms with Crippen molar-refractivity contribution in [1.82, 2.24) is 5.32 Å². The molecule has 0 heterocycles. The first-order valence-corrected chi connectivity index (χ1v) is 5.13. The Morgan fingerprint density at radius 1 is 1.32 bits per heavy atom. The lowest BCUT2D eigenvalue weighted by Crippen LogP contribution is -2.42. The molecule has 1 aromatic carbocycles. The molecule has 0 saturated carbocycles. The van der Waals surface area contributed by atoms with Crippen LogP contribution in [0.1, 0.15) is 18.5 Å². The highest BCUT2D eigenvalue weighted by Gasteiger charge is 2.44. The lowest BCUT2D eigenvalue weighted by Gasteiger charge is -2.23. The summed E-state index contributed by atoms with van der Waals surface area (Å²) in [7, 11) is 0. The third kappa shape index (κ3) is 3.63. The Bertz CT molecular complexity index is 473. The molecule has 8 heteroatoms. The van der Waals surface area contributed by atoms with Crippen LogP contribution >= 0.6 is 0 Å². The molecule has 2 atom stereocenters. The van der Waals surface area contributed by atoms with E-state index in [1.165, 1.54) is 5.32 Å². The number of rotatable bonds is 3. The van der Waals surface area contributed by atoms with E-state index in [0.29, 0.717) is 12.1 Å². The van der Waals surface area contributed by atoms with E-state index in [1.54, 1.807) is 0 Å². The lowest BCUT2D eigenvalue weighted by molar-refractivity contribution is -0.166. The number of hydrogen-bond acceptors (Lipinski definition) is 2. The summed E-state index contributed by atoms with van der Waals surface area (Å²) in [5, 5.41) is 10.3. The topological polar surface area (TPSA) is 49.3 Å². The van der Waals surface area contributed by atoms with Gasteiger partial charge in [0.05, 0.1) is 0 Å². The minimum absolute atomic E-state index is 0.656. The van der Waals surface area contributed by atoms with Crippen LogP contribution in [0.25, 0.3) is 0 Å². The van der Waals surface area contributed by atoms with Gasteiger partial charge in [-0.05, 0) is 13.0 Å². The van der Waals surface area contributed by atoms with E-state index >= 15 is 0 Å². The average molecular weight is 283 g/mol. The second-order valence-electron chi connectivity index (χ2n) is 3.80. The fourth-order valence-corrected chi connectivity index (χ4v) is 1.34. The van der Waals surface area contributed by atoms with Gasteiger partial charge in [0, 0.05) is 5.56 Å². The fraction of sp³-hybridized carbons (Fsp3) is 0.364. The second-order valence-corrected chi connectivity index (χ2v) is 3.80. The first-order chi connectivity index (χ1) is 8.64. The lowest BCUT2D eigenvalue weighted by atomic mass is 10.1. The SMILES string of the molecule is C[C@@H](O)C(=O)N[C@H](c1cccc(F)c1F)C(F)(F)F. The molecular weight excluding hydrogens is 273 g/mol. The first kappa shape index (κ1) is 15.4. The third-order valence-corrected chi connectivity index (χ3v) is 2.29. The molecule has 0 saturated heterocycles. The molecule has 0 aliphatic carbocycles. The van der Waals surface area contributed by atoms with Crippen molar-refractivity contribution in [2.45, 2.75) is 25.2 Å². The van der Waals surface area contributed by atoms with Crippen LogP contribution in [0.5, 0.6) is 0 Å². The molecule has 0 aliphatic heterocycles. The molecule has 19 heavy (non-hydrogen) atoms. The third-order valence-electron chi connectivity index (χ3n) is 2.29. The fourth-order valence-electron chi connectivity index (χ4n) is 1.34. The molecule has 1 amide bonds. The van der Waals surface area contributed by atoms with Crippen molar-refractivity contribution in [3.05, 3.63) is 35.4 Å². The molecule has 0 aromatic heterocycles. The maximum Gasteiger partial charge on any atom is 0.412 e. The molecule has 0 spiro atoms. The summed E-state index contributed by atoms with van der Waals surface area (Å²) in [6.07, 6.45) is -6.74. The van der Waals surface area contributed by atoms with Gasteiger partial charge >= 0.3 is 6.18 Å². The number of carbonyl (C=O) groups is 1. The van der Waals surface area contributed by atoms with Gasteiger partial charge in [0.2, 0.25) is 5.91 Å². The Hall–Kier alpha value is -1.70. The highest BCUT2D eigenvalue weighted by atomic mass is 19.4. The van der Waals surface area contributed by atoms with Crippen LogP contribution in [0.4, 0.5) is 22.0 Å². The van der Waals surface area contributed by atoms with E-state index < -0.39 is 41.4 Å². The Morgan fingerprint density at radius 2 is 1.89 bits per heavy atom. The van der Waals surface area contributed by atoms with Crippen molar-refractivity contribution < 1.29 is 31.9 Å². The predicted octanol–water partition coefficient (Wildman–Crippen LogP) is 2.07. The number of amides is 1. The van der Waals surface area contributed by atoms with Crippen LogP contribution in [0.2, 0.25) is 0 Å². The first-order valence-electron chi connectivity index (χ1n) is 5.13. The largest absolute Gasteiger partial charge is 0.412 e. The van der Waals surface area contributed by atoms with Crippen molar-refractivity contribution in [3.63, 3.8) is 0 Å². The van der Waals surface area contributed by atoms with E-state index in [9.17, 15) is 26.7 Å². The Kier molecular flexibility index (Phi) is 4.46. The van der Waals surface area contributed by atoms with E-state index in [-0.39, 0.29) is 0 Å². The molecule has 0 aliphatic rings. The van der Waals surface area contributed by atoms with Crippen LogP contribution < -0.4 is 5.32 Å². The summed E-state index contributed by atoms with van der Waals surface area (Å²) >= 11 is 0. The molecule has 1 aromatic rings. The zero-order valence-corrected chi connectivity index (χ0v) is 9.63. The van der Waals surface area contributed by atoms with Gasteiger partial charge in [0.25, 0.3) is 0 Å². The van der Waals surface area contributed by atoms with Gasteiger partial charge in [-0.2, -0.15) is 13.2 Å². The zero-order valence-electron chi connectivity index (χ0n) is 9.63. The minimum Gasteiger partial charge on any atom is -0.384 e. The van der Waals surface area contributed by atoms with Crippen LogP contribution in [-0.4, -0.2) is 23.3 Å². The van der Waals surface area contributed by atoms with Crippen molar-refractivity contribution in [2.24, 2.45) is 0 Å². The van der Waals surface area contributed by atoms with Crippen molar-refractivity contribution >= 4 is 5.91 Å². The molecule has 3 nitrogen and oxygen atoms in total. The summed E-state index contributed by atoms with van der Waals surface area (Å²) in [5.74, 6) is -4.50. The maximum atomic E-state index is 13.3. The Balaban J connectivity index is 3.18. The van der Waals surface area contributed by atoms with E-state index in [1.807, 2.05) is 0 Å². The highest BCUT2D eigenvalue weighted by Crippen LogP contribution is 2.34. The highest BCUT2D eigenvalue weighted by molar-refractivity contribution is 5.80. The maximum absolute atomic E-state index is 13.3. The van der Waals surface area contributed by atoms with Gasteiger partial charge in [0.1, 0.15) is 6.10 Å². The van der Waals surface area contributed by atoms with Crippen molar-refractivity contribution in [3.8, 4) is 0 Å². The van der Waals surface area contributed by atoms with Gasteiger partial charge < -0.3 is 10.4 Å². The van der Waals surface area contributed by atoms with Gasteiger partial charge in [-0.25, -0.2) is 8.78 Å². The number of aliphatic hydroxyl groups excluding tert-OH is 1. The number of aliphatic hydroxyl groups is 1. The van der Waals surface area contributed by atoms with Crippen LogP contribution in [0.3, 0.4) is 0 Å². The van der Waals surface area contributed by atoms with Crippen LogP contribution in [0.15, 0.2) is 18.2 Å². The van der Waals surface area contributed by atoms with Gasteiger partial charge in [-0.3, -0.25) is 4.79 Å². The quantitative estimate of drug-likeness (QED) is 0.834. The average Bonchev–Trinajstić information content (AvgIpc) is 2.28. The number of halogens is 5. The molecule has 2 N–H and O–H groups in total. The number of hydrogen-bond donors (Lipinski definition) is 2. The molecule has 0 fully saturated rings. The van der Waals surface area contributed by atoms with Gasteiger partial charge in [0.15, 0.2) is 17.7 Å². The molecule has 0 unspecified atom stereocenters. The number of alkyl halides is 3. The molecular formula is C11H10F5NO2. The summed E-state index contributed by atoms with van der Waals surface area (Å²) < 4.78 is 64.5. The minimum atomic E-state index is -5.03. The molecule has 0 radical (unpaired) electrons. The Labute approximate surface area is 105 Å². The smallest absolute Gasteiger partial charge is 0.384 e. The van der Waals surface area contributed by atoms with E-state index in [0.717, 1.165) is 13.0 Å². The zero-order chi connectivity index (χ0) is 14.8. The van der Waals surface area contributed by atoms with Crippen molar-refractivity contribution in [1.29, 1.82) is 0 Å². The summed E-state index contributed by atoms with van der Waals surface area (Å²) in [6, 6.07) is -0.479. The predicted molar refractivity (Wildman–Crippen MR) is 55.0 cm³/mol. The van der Waals surface area contributed by atoms with Gasteiger partial charge in [-0.15, -0.1) is 0 Å². The summed E-state index contributed by atoms with van der Waals surface area (Å²) in [6.45, 7) is 0.949. The standard InChI is InChI=1S/C11H10F5NO2/c1-5(18)10(19)17-9(11(14,15)16)6-3-2-4-7(12)8(6)13/h2-5,9,18H,1H3,(H,17,19)/t5-,9-/m1/s1. The molecule has 0 bridgehead atoms. The van der Waals surface area contributed by atoms with Crippen LogP contribution in [-0.2, 0) is 4.79 Å². The second kappa shape index (κ2) is 5.52. The monoisotopic (exact) mass is 283 g/mol. The van der Waals surface area contributed by atoms with Gasteiger partial charge in [-0.1, -0.05) is 12.1 Å².